The number of hydrogen-bond donors (Lipinski definition) is 0. The summed E-state index contributed by atoms with van der Waals surface area (Å²) in [6.45, 7) is 1.83. The summed E-state index contributed by atoms with van der Waals surface area (Å²) >= 11 is 1.50. The van der Waals surface area contributed by atoms with Crippen molar-refractivity contribution in [1.82, 2.24) is 4.98 Å². The van der Waals surface area contributed by atoms with E-state index in [2.05, 4.69) is 29.2 Å². The minimum atomic E-state index is -3.31. The lowest BCUT2D eigenvalue weighted by Gasteiger charge is -2.01. The first-order valence-corrected chi connectivity index (χ1v) is 10.9. The van der Waals surface area contributed by atoms with Gasteiger partial charge in [-0.1, -0.05) is 36.8 Å². The highest BCUT2D eigenvalue weighted by Crippen LogP contribution is 2.20. The van der Waals surface area contributed by atoms with Crippen molar-refractivity contribution < 1.29 is 13.2 Å². The van der Waals surface area contributed by atoms with Gasteiger partial charge in [-0.05, 0) is 38.2 Å². The molecular weight excluding hydrogens is 342 g/mol. The van der Waals surface area contributed by atoms with Crippen LogP contribution in [0.1, 0.15) is 45.2 Å². The van der Waals surface area contributed by atoms with Gasteiger partial charge < -0.3 is 0 Å². The van der Waals surface area contributed by atoms with Crippen molar-refractivity contribution in [3.8, 4) is 0 Å². The van der Waals surface area contributed by atoms with Gasteiger partial charge in [0.25, 0.3) is 0 Å². The number of hydrogen-bond acceptors (Lipinski definition) is 5. The predicted octanol–water partition coefficient (Wildman–Crippen LogP) is 3.63. The summed E-state index contributed by atoms with van der Waals surface area (Å²) in [5.74, 6) is -0.866. The van der Waals surface area contributed by atoms with Crippen LogP contribution in [-0.4, -0.2) is 31.2 Å². The first kappa shape index (κ1) is 18.8. The van der Waals surface area contributed by atoms with Crippen LogP contribution in [-0.2, 0) is 22.7 Å². The van der Waals surface area contributed by atoms with Crippen LogP contribution < -0.4 is 0 Å². The molecule has 0 aliphatic rings. The molecule has 0 amide bonds. The van der Waals surface area contributed by atoms with Gasteiger partial charge >= 0.3 is 0 Å². The maximum atomic E-state index is 12.0. The highest BCUT2D eigenvalue weighted by atomic mass is 32.2. The molecular formula is C18H23NO3S2. The molecule has 1 aromatic carbocycles. The number of carbonyl (C=O) groups excluding carboxylic acids is 1. The molecule has 1 aromatic heterocycles. The molecule has 1 heterocycles. The average molecular weight is 366 g/mol. The Kier molecular flexibility index (Phi) is 6.69. The second-order valence-electron chi connectivity index (χ2n) is 6.05. The monoisotopic (exact) mass is 365 g/mol. The van der Waals surface area contributed by atoms with E-state index >= 15 is 0 Å². The Balaban J connectivity index is 1.79. The van der Waals surface area contributed by atoms with Gasteiger partial charge in [0.1, 0.15) is 11.4 Å². The van der Waals surface area contributed by atoms with Gasteiger partial charge in [0.05, 0.1) is 5.01 Å². The van der Waals surface area contributed by atoms with Crippen LogP contribution in [0.3, 0.4) is 0 Å². The fraction of sp³-hybridized carbons (Fsp3) is 0.444. The average Bonchev–Trinajstić information content (AvgIpc) is 2.87. The molecule has 0 spiro atoms. The topological polar surface area (TPSA) is 64.1 Å². The van der Waals surface area contributed by atoms with Gasteiger partial charge in [0.15, 0.2) is 15.6 Å². The first-order valence-electron chi connectivity index (χ1n) is 8.06. The molecule has 4 nitrogen and oxygen atoms in total. The molecule has 0 unspecified atom stereocenters. The highest BCUT2D eigenvalue weighted by Gasteiger charge is 2.19. The molecule has 0 atom stereocenters. The van der Waals surface area contributed by atoms with Gasteiger partial charge in [-0.2, -0.15) is 0 Å². The predicted molar refractivity (Wildman–Crippen MR) is 98.6 cm³/mol. The molecule has 2 aromatic rings. The number of aryl methyl sites for hydroxylation is 3. The van der Waals surface area contributed by atoms with E-state index in [-0.39, 0.29) is 0 Å². The molecule has 130 valence electrons. The number of Topliss-reactive ketones (excluding diaryl/α,β-unsaturated/α-hetero) is 1. The number of nitrogens with zero attached hydrogens (tertiary/aromatic N) is 1. The van der Waals surface area contributed by atoms with Crippen molar-refractivity contribution in [2.75, 3.05) is 12.0 Å². The summed E-state index contributed by atoms with van der Waals surface area (Å²) in [6.07, 6.45) is 6.26. The van der Waals surface area contributed by atoms with Gasteiger partial charge in [-0.3, -0.25) is 4.79 Å². The molecule has 2 rings (SSSR count). The Labute approximate surface area is 147 Å². The van der Waals surface area contributed by atoms with Crippen molar-refractivity contribution >= 4 is 27.0 Å². The minimum Gasteiger partial charge on any atom is -0.291 e. The third-order valence-electron chi connectivity index (χ3n) is 3.70. The first-order chi connectivity index (χ1) is 11.3. The third-order valence-corrected chi connectivity index (χ3v) is 5.51. The SMILES string of the molecule is Cc1sc(CCCCCc2ccccc2)nc1C(=O)CS(C)(=O)=O. The van der Waals surface area contributed by atoms with Crippen LogP contribution in [0.15, 0.2) is 30.3 Å². The molecule has 0 bridgehead atoms. The molecule has 0 N–H and O–H groups in total. The lowest BCUT2D eigenvalue weighted by molar-refractivity contribution is 0.101. The van der Waals surface area contributed by atoms with Crippen molar-refractivity contribution in [1.29, 1.82) is 0 Å². The van der Waals surface area contributed by atoms with E-state index < -0.39 is 21.4 Å². The second-order valence-corrected chi connectivity index (χ2v) is 9.48. The van der Waals surface area contributed by atoms with Crippen molar-refractivity contribution in [3.05, 3.63) is 51.5 Å². The Hall–Kier alpha value is -1.53. The largest absolute Gasteiger partial charge is 0.291 e. The Bertz CT molecular complexity index is 780. The zero-order valence-corrected chi connectivity index (χ0v) is 15.8. The third kappa shape index (κ3) is 6.17. The molecule has 0 radical (unpaired) electrons. The van der Waals surface area contributed by atoms with Crippen molar-refractivity contribution in [2.45, 2.75) is 39.0 Å². The standard InChI is InChI=1S/C18H23NO3S2/c1-14-18(16(20)13-24(2,21)22)19-17(23-14)12-8-4-7-11-15-9-5-3-6-10-15/h3,5-6,9-10H,4,7-8,11-13H2,1-2H3. The minimum absolute atomic E-state index is 0.324. The number of ketones is 1. The molecule has 0 saturated heterocycles. The Morgan fingerprint density at radius 1 is 1.08 bits per heavy atom. The van der Waals surface area contributed by atoms with Crippen molar-refractivity contribution in [2.24, 2.45) is 0 Å². The number of rotatable bonds is 9. The highest BCUT2D eigenvalue weighted by molar-refractivity contribution is 7.91. The van der Waals surface area contributed by atoms with Gasteiger partial charge in [-0.15, -0.1) is 11.3 Å². The number of sulfone groups is 1. The van der Waals surface area contributed by atoms with Crippen LogP contribution in [0.25, 0.3) is 0 Å². The van der Waals surface area contributed by atoms with Gasteiger partial charge in [0, 0.05) is 11.1 Å². The number of unbranched alkanes of at least 4 members (excludes halogenated alkanes) is 2. The van der Waals surface area contributed by atoms with E-state index in [1.165, 1.54) is 16.9 Å². The van der Waals surface area contributed by atoms with Crippen LogP contribution >= 0.6 is 11.3 Å². The lowest BCUT2D eigenvalue weighted by Crippen LogP contribution is -2.15. The van der Waals surface area contributed by atoms with E-state index in [4.69, 9.17) is 0 Å². The molecule has 0 aliphatic heterocycles. The normalized spacial score (nSPS) is 11.6. The van der Waals surface area contributed by atoms with E-state index in [9.17, 15) is 13.2 Å². The summed E-state index contributed by atoms with van der Waals surface area (Å²) in [5.41, 5.74) is 1.68. The van der Waals surface area contributed by atoms with Crippen LogP contribution in [0.2, 0.25) is 0 Å². The fourth-order valence-electron chi connectivity index (χ4n) is 2.55. The molecule has 0 saturated carbocycles. The van der Waals surface area contributed by atoms with Gasteiger partial charge in [-0.25, -0.2) is 13.4 Å². The van der Waals surface area contributed by atoms with Crippen LogP contribution in [0.4, 0.5) is 0 Å². The van der Waals surface area contributed by atoms with Gasteiger partial charge in [0.2, 0.25) is 0 Å². The van der Waals surface area contributed by atoms with E-state index in [0.29, 0.717) is 5.69 Å². The maximum absolute atomic E-state index is 12.0. The second kappa shape index (κ2) is 8.53. The Morgan fingerprint density at radius 2 is 1.75 bits per heavy atom. The number of carbonyl (C=O) groups is 1. The van der Waals surface area contributed by atoms with Crippen LogP contribution in [0.5, 0.6) is 0 Å². The van der Waals surface area contributed by atoms with E-state index in [1.54, 1.807) is 0 Å². The number of aromatic nitrogens is 1. The fourth-order valence-corrected chi connectivity index (χ4v) is 4.16. The van der Waals surface area contributed by atoms with Crippen LogP contribution in [0, 0.1) is 6.92 Å². The lowest BCUT2D eigenvalue weighted by atomic mass is 10.1. The number of thiazole rings is 1. The zero-order chi connectivity index (χ0) is 17.6. The summed E-state index contributed by atoms with van der Waals surface area (Å²) in [4.78, 5) is 17.2. The molecule has 24 heavy (non-hydrogen) atoms. The Morgan fingerprint density at radius 3 is 2.42 bits per heavy atom. The van der Waals surface area contributed by atoms with Crippen molar-refractivity contribution in [3.63, 3.8) is 0 Å². The summed E-state index contributed by atoms with van der Waals surface area (Å²) < 4.78 is 22.5. The summed E-state index contributed by atoms with van der Waals surface area (Å²) in [6, 6.07) is 10.4. The number of benzene rings is 1. The van der Waals surface area contributed by atoms with E-state index in [1.807, 2.05) is 13.0 Å². The molecule has 0 fully saturated rings. The van der Waals surface area contributed by atoms with E-state index in [0.717, 1.165) is 48.2 Å². The molecule has 6 heteroatoms. The zero-order valence-electron chi connectivity index (χ0n) is 14.1. The quantitative estimate of drug-likeness (QED) is 0.503. The molecule has 0 aliphatic carbocycles. The smallest absolute Gasteiger partial charge is 0.197 e. The maximum Gasteiger partial charge on any atom is 0.197 e. The summed E-state index contributed by atoms with van der Waals surface area (Å²) in [7, 11) is -3.31. The summed E-state index contributed by atoms with van der Waals surface area (Å²) in [5, 5.41) is 0.920.